The van der Waals surface area contributed by atoms with Crippen LogP contribution in [0.4, 0.5) is 17.3 Å². The van der Waals surface area contributed by atoms with Crippen molar-refractivity contribution in [3.05, 3.63) is 77.6 Å². The molecule has 3 rings (SSSR count). The maximum absolute atomic E-state index is 13.0. The number of nitrogens with zero attached hydrogens (tertiary/aromatic N) is 4. The van der Waals surface area contributed by atoms with Gasteiger partial charge >= 0.3 is 0 Å². The van der Waals surface area contributed by atoms with E-state index in [1.165, 1.54) is 5.56 Å². The Morgan fingerprint density at radius 3 is 1.96 bits per heavy atom. The highest BCUT2D eigenvalue weighted by Gasteiger charge is 2.18. The summed E-state index contributed by atoms with van der Waals surface area (Å²) in [5.41, 5.74) is 4.70. The molecule has 0 fully saturated rings. The molecule has 0 atom stereocenters. The highest BCUT2D eigenvalue weighted by Crippen LogP contribution is 2.23. The van der Waals surface area contributed by atoms with Crippen molar-refractivity contribution in [1.82, 2.24) is 9.97 Å². The first-order chi connectivity index (χ1) is 13.5. The van der Waals surface area contributed by atoms with Gasteiger partial charge in [0.15, 0.2) is 0 Å². The Hall–Kier alpha value is -3.21. The molecule has 1 heterocycles. The van der Waals surface area contributed by atoms with Crippen LogP contribution in [0.15, 0.2) is 60.9 Å². The van der Waals surface area contributed by atoms with Gasteiger partial charge in [0, 0.05) is 36.9 Å². The molecule has 0 N–H and O–H groups in total. The second-order valence-corrected chi connectivity index (χ2v) is 6.74. The van der Waals surface area contributed by atoms with Crippen LogP contribution in [-0.2, 0) is 0 Å². The van der Waals surface area contributed by atoms with Crippen LogP contribution >= 0.6 is 0 Å². The van der Waals surface area contributed by atoms with E-state index in [2.05, 4.69) is 35.9 Å². The molecule has 3 aromatic rings. The molecule has 0 saturated carbocycles. The predicted octanol–water partition coefficient (Wildman–Crippen LogP) is 4.92. The summed E-state index contributed by atoms with van der Waals surface area (Å²) in [6.07, 6.45) is 3.23. The fourth-order valence-corrected chi connectivity index (χ4v) is 3.20. The van der Waals surface area contributed by atoms with Crippen molar-refractivity contribution >= 4 is 23.2 Å². The quantitative estimate of drug-likeness (QED) is 0.615. The molecule has 1 aromatic heterocycles. The minimum Gasteiger partial charge on any atom is -0.311 e. The van der Waals surface area contributed by atoms with Gasteiger partial charge in [-0.3, -0.25) is 4.79 Å². The molecule has 0 saturated heterocycles. The lowest BCUT2D eigenvalue weighted by Crippen LogP contribution is -2.31. The Labute approximate surface area is 166 Å². The summed E-state index contributed by atoms with van der Waals surface area (Å²) in [7, 11) is 0. The highest BCUT2D eigenvalue weighted by atomic mass is 16.2. The van der Waals surface area contributed by atoms with E-state index in [0.29, 0.717) is 18.1 Å². The lowest BCUT2D eigenvalue weighted by molar-refractivity contribution is 0.0987. The standard InChI is InChI=1S/C23H26N4O/c1-5-26(20-11-7-9-17(3)13-20)22(28)19-15-24-23(25-16-19)27(6-2)21-12-8-10-18(4)14-21/h7-16H,5-6H2,1-4H3. The number of benzene rings is 2. The van der Waals surface area contributed by atoms with Crippen LogP contribution < -0.4 is 9.80 Å². The second kappa shape index (κ2) is 8.65. The Morgan fingerprint density at radius 1 is 0.857 bits per heavy atom. The van der Waals surface area contributed by atoms with Crippen molar-refractivity contribution in [3.63, 3.8) is 0 Å². The van der Waals surface area contributed by atoms with Gasteiger partial charge in [-0.15, -0.1) is 0 Å². The van der Waals surface area contributed by atoms with Crippen LogP contribution in [0.25, 0.3) is 0 Å². The number of carbonyl (C=O) groups is 1. The summed E-state index contributed by atoms with van der Waals surface area (Å²) in [4.78, 5) is 25.7. The Morgan fingerprint density at radius 2 is 1.43 bits per heavy atom. The Kier molecular flexibility index (Phi) is 6.04. The summed E-state index contributed by atoms with van der Waals surface area (Å²) in [6.45, 7) is 9.41. The number of hydrogen-bond donors (Lipinski definition) is 0. The summed E-state index contributed by atoms with van der Waals surface area (Å²) < 4.78 is 0. The molecule has 0 aliphatic carbocycles. The van der Waals surface area contributed by atoms with E-state index in [1.807, 2.05) is 55.1 Å². The number of aryl methyl sites for hydroxylation is 2. The maximum Gasteiger partial charge on any atom is 0.261 e. The molecule has 0 spiro atoms. The summed E-state index contributed by atoms with van der Waals surface area (Å²) in [5.74, 6) is 0.488. The first kappa shape index (κ1) is 19.5. The largest absolute Gasteiger partial charge is 0.311 e. The SMILES string of the molecule is CCN(C(=O)c1cnc(N(CC)c2cccc(C)c2)nc1)c1cccc(C)c1. The van der Waals surface area contributed by atoms with Crippen LogP contribution in [0, 0.1) is 13.8 Å². The van der Waals surface area contributed by atoms with E-state index in [9.17, 15) is 4.79 Å². The van der Waals surface area contributed by atoms with Crippen molar-refractivity contribution in [1.29, 1.82) is 0 Å². The molecule has 2 aromatic carbocycles. The fourth-order valence-electron chi connectivity index (χ4n) is 3.20. The van der Waals surface area contributed by atoms with Gasteiger partial charge in [0.25, 0.3) is 5.91 Å². The van der Waals surface area contributed by atoms with Gasteiger partial charge in [-0.05, 0) is 63.1 Å². The van der Waals surface area contributed by atoms with E-state index in [4.69, 9.17) is 0 Å². The van der Waals surface area contributed by atoms with Gasteiger partial charge in [0.05, 0.1) is 5.56 Å². The Bertz CT molecular complexity index is 953. The number of rotatable bonds is 6. The van der Waals surface area contributed by atoms with Crippen molar-refractivity contribution < 1.29 is 4.79 Å². The minimum absolute atomic E-state index is 0.0988. The minimum atomic E-state index is -0.0988. The lowest BCUT2D eigenvalue weighted by atomic mass is 10.2. The Balaban J connectivity index is 1.85. The van der Waals surface area contributed by atoms with Crippen molar-refractivity contribution in [3.8, 4) is 0 Å². The third-order valence-electron chi connectivity index (χ3n) is 4.63. The monoisotopic (exact) mass is 374 g/mol. The third kappa shape index (κ3) is 4.19. The molecule has 0 bridgehead atoms. The van der Waals surface area contributed by atoms with E-state index in [0.717, 1.165) is 23.5 Å². The van der Waals surface area contributed by atoms with Crippen LogP contribution in [0.3, 0.4) is 0 Å². The molecule has 1 amide bonds. The van der Waals surface area contributed by atoms with Crippen molar-refractivity contribution in [2.24, 2.45) is 0 Å². The van der Waals surface area contributed by atoms with Gasteiger partial charge in [-0.2, -0.15) is 0 Å². The van der Waals surface area contributed by atoms with Gasteiger partial charge in [-0.1, -0.05) is 24.3 Å². The third-order valence-corrected chi connectivity index (χ3v) is 4.63. The summed E-state index contributed by atoms with van der Waals surface area (Å²) in [6, 6.07) is 16.1. The fraction of sp³-hybridized carbons (Fsp3) is 0.261. The highest BCUT2D eigenvalue weighted by molar-refractivity contribution is 6.05. The molecular formula is C23H26N4O. The zero-order valence-corrected chi connectivity index (χ0v) is 16.9. The van der Waals surface area contributed by atoms with Gasteiger partial charge in [0.2, 0.25) is 5.95 Å². The molecule has 0 radical (unpaired) electrons. The zero-order valence-electron chi connectivity index (χ0n) is 16.9. The number of amides is 1. The average Bonchev–Trinajstić information content (AvgIpc) is 2.70. The van der Waals surface area contributed by atoms with E-state index < -0.39 is 0 Å². The van der Waals surface area contributed by atoms with Gasteiger partial charge < -0.3 is 9.80 Å². The lowest BCUT2D eigenvalue weighted by Gasteiger charge is -2.23. The van der Waals surface area contributed by atoms with Crippen LogP contribution in [0.5, 0.6) is 0 Å². The van der Waals surface area contributed by atoms with Crippen molar-refractivity contribution in [2.75, 3.05) is 22.9 Å². The number of carbonyl (C=O) groups excluding carboxylic acids is 1. The molecule has 5 nitrogen and oxygen atoms in total. The predicted molar refractivity (Wildman–Crippen MR) is 114 cm³/mol. The molecule has 144 valence electrons. The van der Waals surface area contributed by atoms with E-state index in [1.54, 1.807) is 17.3 Å². The van der Waals surface area contributed by atoms with E-state index in [-0.39, 0.29) is 5.91 Å². The molecule has 0 aliphatic heterocycles. The topological polar surface area (TPSA) is 49.3 Å². The van der Waals surface area contributed by atoms with Gasteiger partial charge in [0.1, 0.15) is 0 Å². The second-order valence-electron chi connectivity index (χ2n) is 6.74. The molecule has 5 heteroatoms. The summed E-state index contributed by atoms with van der Waals surface area (Å²) in [5, 5.41) is 0. The number of hydrogen-bond acceptors (Lipinski definition) is 4. The number of anilines is 3. The number of aromatic nitrogens is 2. The normalized spacial score (nSPS) is 10.6. The van der Waals surface area contributed by atoms with Crippen molar-refractivity contribution in [2.45, 2.75) is 27.7 Å². The molecule has 0 unspecified atom stereocenters. The first-order valence-electron chi connectivity index (χ1n) is 9.58. The molecular weight excluding hydrogens is 348 g/mol. The van der Waals surface area contributed by atoms with Crippen LogP contribution in [0.2, 0.25) is 0 Å². The first-order valence-corrected chi connectivity index (χ1v) is 9.58. The summed E-state index contributed by atoms with van der Waals surface area (Å²) >= 11 is 0. The van der Waals surface area contributed by atoms with Gasteiger partial charge in [-0.25, -0.2) is 9.97 Å². The molecule has 28 heavy (non-hydrogen) atoms. The average molecular weight is 374 g/mol. The van der Waals surface area contributed by atoms with Crippen LogP contribution in [0.1, 0.15) is 35.3 Å². The smallest absolute Gasteiger partial charge is 0.261 e. The van der Waals surface area contributed by atoms with E-state index >= 15 is 0 Å². The zero-order chi connectivity index (χ0) is 20.1. The maximum atomic E-state index is 13.0. The van der Waals surface area contributed by atoms with Crippen LogP contribution in [-0.4, -0.2) is 29.0 Å². The molecule has 0 aliphatic rings.